The lowest BCUT2D eigenvalue weighted by atomic mass is 10.2. The molecular formula is C13H11FN2OS. The summed E-state index contributed by atoms with van der Waals surface area (Å²) < 4.78 is 12.7. The normalized spacial score (nSPS) is 10.3. The number of rotatable bonds is 4. The molecule has 3 nitrogen and oxygen atoms in total. The van der Waals surface area contributed by atoms with E-state index in [0.29, 0.717) is 5.56 Å². The maximum Gasteiger partial charge on any atom is 0.176 e. The van der Waals surface area contributed by atoms with E-state index in [0.717, 1.165) is 4.90 Å². The van der Waals surface area contributed by atoms with E-state index in [1.54, 1.807) is 30.5 Å². The molecule has 0 saturated heterocycles. The van der Waals surface area contributed by atoms with Gasteiger partial charge in [0, 0.05) is 11.1 Å². The number of nitrogens with two attached hydrogens (primary N) is 1. The first-order valence-corrected chi connectivity index (χ1v) is 6.27. The molecule has 2 rings (SSSR count). The minimum absolute atomic E-state index is 0.0880. The Hall–Kier alpha value is -1.88. The van der Waals surface area contributed by atoms with Crippen molar-refractivity contribution in [1.82, 2.24) is 4.98 Å². The van der Waals surface area contributed by atoms with E-state index in [4.69, 9.17) is 5.73 Å². The largest absolute Gasteiger partial charge is 0.383 e. The number of hydrogen-bond acceptors (Lipinski definition) is 4. The van der Waals surface area contributed by atoms with Crippen LogP contribution >= 0.6 is 11.8 Å². The second-order valence-electron chi connectivity index (χ2n) is 3.60. The third-order valence-corrected chi connectivity index (χ3v) is 3.33. The molecule has 0 aliphatic heterocycles. The summed E-state index contributed by atoms with van der Waals surface area (Å²) in [6, 6.07) is 9.33. The second-order valence-corrected chi connectivity index (χ2v) is 4.65. The fraction of sp³-hybridized carbons (Fsp3) is 0.0769. The van der Waals surface area contributed by atoms with Crippen molar-refractivity contribution in [2.75, 3.05) is 11.5 Å². The van der Waals surface area contributed by atoms with E-state index in [2.05, 4.69) is 4.98 Å². The van der Waals surface area contributed by atoms with Gasteiger partial charge in [-0.25, -0.2) is 9.37 Å². The van der Waals surface area contributed by atoms with Crippen molar-refractivity contribution < 1.29 is 9.18 Å². The zero-order chi connectivity index (χ0) is 13.0. The van der Waals surface area contributed by atoms with Gasteiger partial charge in [-0.15, -0.1) is 11.8 Å². The smallest absolute Gasteiger partial charge is 0.176 e. The highest BCUT2D eigenvalue weighted by Crippen LogP contribution is 2.20. The number of thioether (sulfide) groups is 1. The van der Waals surface area contributed by atoms with Gasteiger partial charge in [-0.05, 0) is 36.4 Å². The third kappa shape index (κ3) is 3.07. The van der Waals surface area contributed by atoms with Gasteiger partial charge in [0.1, 0.15) is 11.6 Å². The van der Waals surface area contributed by atoms with Gasteiger partial charge in [0.15, 0.2) is 5.78 Å². The van der Waals surface area contributed by atoms with E-state index in [9.17, 15) is 9.18 Å². The summed E-state index contributed by atoms with van der Waals surface area (Å²) in [5, 5.41) is 0. The van der Waals surface area contributed by atoms with Crippen LogP contribution in [-0.2, 0) is 0 Å². The quantitative estimate of drug-likeness (QED) is 0.680. The Labute approximate surface area is 108 Å². The van der Waals surface area contributed by atoms with Gasteiger partial charge in [-0.3, -0.25) is 4.79 Å². The van der Waals surface area contributed by atoms with Crippen LogP contribution in [0.25, 0.3) is 0 Å². The van der Waals surface area contributed by atoms with Gasteiger partial charge in [0.25, 0.3) is 0 Å². The highest BCUT2D eigenvalue weighted by molar-refractivity contribution is 8.00. The Morgan fingerprint density at radius 3 is 2.67 bits per heavy atom. The van der Waals surface area contributed by atoms with Crippen molar-refractivity contribution >= 4 is 23.4 Å². The summed E-state index contributed by atoms with van der Waals surface area (Å²) in [5.41, 5.74) is 6.04. The molecule has 1 heterocycles. The molecule has 18 heavy (non-hydrogen) atoms. The van der Waals surface area contributed by atoms with Gasteiger partial charge in [-0.2, -0.15) is 0 Å². The van der Waals surface area contributed by atoms with E-state index in [1.807, 2.05) is 0 Å². The summed E-state index contributed by atoms with van der Waals surface area (Å²) >= 11 is 1.34. The zero-order valence-electron chi connectivity index (χ0n) is 9.47. The van der Waals surface area contributed by atoms with Gasteiger partial charge in [-0.1, -0.05) is 0 Å². The SMILES string of the molecule is Nc1ncccc1C(=O)CSc1ccc(F)cc1. The highest BCUT2D eigenvalue weighted by atomic mass is 32.2. The van der Waals surface area contributed by atoms with Crippen LogP contribution in [0.4, 0.5) is 10.2 Å². The number of hydrogen-bond donors (Lipinski definition) is 1. The van der Waals surface area contributed by atoms with Crippen molar-refractivity contribution in [2.45, 2.75) is 4.90 Å². The number of nitrogen functional groups attached to an aromatic ring is 1. The Balaban J connectivity index is 2.01. The molecule has 0 amide bonds. The number of Topliss-reactive ketones (excluding diaryl/α,β-unsaturated/α-hetero) is 1. The predicted molar refractivity (Wildman–Crippen MR) is 70.1 cm³/mol. The maximum absolute atomic E-state index is 12.7. The number of aromatic nitrogens is 1. The molecule has 0 spiro atoms. The van der Waals surface area contributed by atoms with Gasteiger partial charge < -0.3 is 5.73 Å². The van der Waals surface area contributed by atoms with E-state index < -0.39 is 0 Å². The van der Waals surface area contributed by atoms with Gasteiger partial charge in [0.2, 0.25) is 0 Å². The molecule has 0 bridgehead atoms. The second kappa shape index (κ2) is 5.64. The lowest BCUT2D eigenvalue weighted by molar-refractivity contribution is 0.102. The first-order chi connectivity index (χ1) is 8.66. The molecule has 1 aromatic heterocycles. The van der Waals surface area contributed by atoms with E-state index >= 15 is 0 Å². The van der Waals surface area contributed by atoms with Crippen molar-refractivity contribution in [3.63, 3.8) is 0 Å². The van der Waals surface area contributed by atoms with Crippen LogP contribution in [0, 0.1) is 5.82 Å². The zero-order valence-corrected chi connectivity index (χ0v) is 10.3. The Morgan fingerprint density at radius 2 is 2.00 bits per heavy atom. The maximum atomic E-state index is 12.7. The minimum Gasteiger partial charge on any atom is -0.383 e. The summed E-state index contributed by atoms with van der Waals surface area (Å²) in [4.78, 5) is 16.6. The summed E-state index contributed by atoms with van der Waals surface area (Å²) in [7, 11) is 0. The number of ketones is 1. The lowest BCUT2D eigenvalue weighted by Crippen LogP contribution is -2.07. The van der Waals surface area contributed by atoms with Crippen molar-refractivity contribution in [3.8, 4) is 0 Å². The molecule has 0 aliphatic carbocycles. The average molecular weight is 262 g/mol. The van der Waals surface area contributed by atoms with Crippen LogP contribution in [0.3, 0.4) is 0 Å². The summed E-state index contributed by atoms with van der Waals surface area (Å²) in [6.45, 7) is 0. The highest BCUT2D eigenvalue weighted by Gasteiger charge is 2.10. The minimum atomic E-state index is -0.290. The molecule has 5 heteroatoms. The number of halogens is 1. The molecule has 0 fully saturated rings. The Kier molecular flexibility index (Phi) is 3.94. The Bertz CT molecular complexity index is 557. The number of anilines is 1. The van der Waals surface area contributed by atoms with Gasteiger partial charge in [0.05, 0.1) is 11.3 Å². The first kappa shape index (κ1) is 12.6. The molecule has 0 aliphatic rings. The van der Waals surface area contributed by atoms with Crippen LogP contribution in [0.1, 0.15) is 10.4 Å². The van der Waals surface area contributed by atoms with Gasteiger partial charge >= 0.3 is 0 Å². The number of nitrogens with zero attached hydrogens (tertiary/aromatic N) is 1. The molecular weight excluding hydrogens is 251 g/mol. The number of carbonyl (C=O) groups is 1. The molecule has 2 N–H and O–H groups in total. The van der Waals surface area contributed by atoms with Crippen LogP contribution in [0.5, 0.6) is 0 Å². The summed E-state index contributed by atoms with van der Waals surface area (Å²) in [6.07, 6.45) is 1.54. The summed E-state index contributed by atoms with van der Waals surface area (Å²) in [5.74, 6) is 0.112. The Morgan fingerprint density at radius 1 is 1.28 bits per heavy atom. The fourth-order valence-electron chi connectivity index (χ4n) is 1.41. The van der Waals surface area contributed by atoms with Crippen LogP contribution in [-0.4, -0.2) is 16.5 Å². The van der Waals surface area contributed by atoms with Crippen LogP contribution < -0.4 is 5.73 Å². The van der Waals surface area contributed by atoms with Crippen molar-refractivity contribution in [1.29, 1.82) is 0 Å². The predicted octanol–water partition coefficient (Wildman–Crippen LogP) is 2.78. The fourth-order valence-corrected chi connectivity index (χ4v) is 2.19. The van der Waals surface area contributed by atoms with Crippen LogP contribution in [0.2, 0.25) is 0 Å². The first-order valence-electron chi connectivity index (χ1n) is 5.29. The molecule has 2 aromatic rings. The van der Waals surface area contributed by atoms with Crippen molar-refractivity contribution in [2.24, 2.45) is 0 Å². The number of carbonyl (C=O) groups excluding carboxylic acids is 1. The molecule has 0 saturated carbocycles. The molecule has 0 radical (unpaired) electrons. The van der Waals surface area contributed by atoms with E-state index in [1.165, 1.54) is 23.9 Å². The third-order valence-electron chi connectivity index (χ3n) is 2.32. The molecule has 0 atom stereocenters. The molecule has 1 aromatic carbocycles. The van der Waals surface area contributed by atoms with E-state index in [-0.39, 0.29) is 23.2 Å². The number of pyridine rings is 1. The molecule has 0 unspecified atom stereocenters. The number of benzene rings is 1. The van der Waals surface area contributed by atoms with Crippen molar-refractivity contribution in [3.05, 3.63) is 54.0 Å². The van der Waals surface area contributed by atoms with Crippen LogP contribution in [0.15, 0.2) is 47.5 Å². The monoisotopic (exact) mass is 262 g/mol. The topological polar surface area (TPSA) is 56.0 Å². The lowest BCUT2D eigenvalue weighted by Gasteiger charge is -2.03. The standard InChI is InChI=1S/C13H11FN2OS/c14-9-3-5-10(6-4-9)18-8-12(17)11-2-1-7-16-13(11)15/h1-7H,8H2,(H2,15,16). The average Bonchev–Trinajstić information content (AvgIpc) is 2.38. The molecule has 92 valence electrons.